The smallest absolute Gasteiger partial charge is 0.0135 e. The lowest BCUT2D eigenvalue weighted by Gasteiger charge is -2.27. The molecule has 1 heterocycles. The van der Waals surface area contributed by atoms with Crippen LogP contribution in [0, 0.1) is 5.92 Å². The van der Waals surface area contributed by atoms with E-state index in [0.29, 0.717) is 4.75 Å². The quantitative estimate of drug-likeness (QED) is 0.501. The van der Waals surface area contributed by atoms with Crippen LogP contribution in [-0.2, 0) is 0 Å². The van der Waals surface area contributed by atoms with E-state index in [1.54, 1.807) is 0 Å². The van der Waals surface area contributed by atoms with Crippen LogP contribution in [0.15, 0.2) is 0 Å². The fourth-order valence-corrected chi connectivity index (χ4v) is 3.74. The largest absolute Gasteiger partial charge is 0.155 e. The lowest BCUT2D eigenvalue weighted by molar-refractivity contribution is 0.358. The minimum absolute atomic E-state index is 0.711. The highest BCUT2D eigenvalue weighted by atomic mass is 32.2. The van der Waals surface area contributed by atoms with Gasteiger partial charge < -0.3 is 0 Å². The first-order valence-corrected chi connectivity index (χ1v) is 4.91. The number of thioether (sulfide) groups is 1. The molecule has 0 N–H and O–H groups in total. The maximum Gasteiger partial charge on any atom is 0.0135 e. The second-order valence-corrected chi connectivity index (χ2v) is 5.33. The van der Waals surface area contributed by atoms with E-state index in [0.717, 1.165) is 5.92 Å². The molecule has 2 atom stereocenters. The molecule has 2 rings (SSSR count). The minimum atomic E-state index is 0.711. The zero-order valence-electron chi connectivity index (χ0n) is 6.02. The van der Waals surface area contributed by atoms with E-state index in [-0.39, 0.29) is 0 Å². The normalized spacial score (nSPS) is 49.7. The maximum atomic E-state index is 2.44. The fourth-order valence-electron chi connectivity index (χ4n) is 2.17. The summed E-state index contributed by atoms with van der Waals surface area (Å²) in [5.74, 6) is 2.55. The summed E-state index contributed by atoms with van der Waals surface area (Å²) in [4.78, 5) is 0. The van der Waals surface area contributed by atoms with Gasteiger partial charge in [-0.2, -0.15) is 11.8 Å². The van der Waals surface area contributed by atoms with E-state index in [1.807, 2.05) is 0 Å². The standard InChI is InChI=1S/C8H14S/c1-8-4-2-3-7(5-8)6-9-8/h7H,2-6H2,1H3. The van der Waals surface area contributed by atoms with E-state index < -0.39 is 0 Å². The van der Waals surface area contributed by atoms with Crippen molar-refractivity contribution in [3.05, 3.63) is 0 Å². The van der Waals surface area contributed by atoms with Gasteiger partial charge in [-0.05, 0) is 30.9 Å². The van der Waals surface area contributed by atoms with Crippen molar-refractivity contribution in [1.29, 1.82) is 0 Å². The Labute approximate surface area is 61.4 Å². The topological polar surface area (TPSA) is 0 Å². The Balaban J connectivity index is 2.13. The Morgan fingerprint density at radius 2 is 2.44 bits per heavy atom. The van der Waals surface area contributed by atoms with Gasteiger partial charge in [0.25, 0.3) is 0 Å². The summed E-state index contributed by atoms with van der Waals surface area (Å²) in [5.41, 5.74) is 0. The molecule has 0 aromatic heterocycles. The summed E-state index contributed by atoms with van der Waals surface area (Å²) in [6.07, 6.45) is 6.00. The molecule has 0 radical (unpaired) electrons. The molecule has 0 aromatic carbocycles. The Morgan fingerprint density at radius 1 is 1.56 bits per heavy atom. The number of fused-ring (bicyclic) bond motifs is 2. The molecular weight excluding hydrogens is 128 g/mol. The molecule has 1 aliphatic carbocycles. The van der Waals surface area contributed by atoms with E-state index in [4.69, 9.17) is 0 Å². The molecule has 9 heavy (non-hydrogen) atoms. The van der Waals surface area contributed by atoms with Crippen molar-refractivity contribution >= 4 is 11.8 Å². The Kier molecular flexibility index (Phi) is 1.29. The third-order valence-corrected chi connectivity index (χ3v) is 4.41. The van der Waals surface area contributed by atoms with Gasteiger partial charge in [0.1, 0.15) is 0 Å². The van der Waals surface area contributed by atoms with Crippen LogP contribution in [0.3, 0.4) is 0 Å². The zero-order chi connectivity index (χ0) is 6.32. The van der Waals surface area contributed by atoms with E-state index in [9.17, 15) is 0 Å². The van der Waals surface area contributed by atoms with Crippen molar-refractivity contribution < 1.29 is 0 Å². The average molecular weight is 142 g/mol. The van der Waals surface area contributed by atoms with Crippen LogP contribution in [0.25, 0.3) is 0 Å². The SMILES string of the molecule is CC12CCCC(CS1)C2. The molecule has 1 aliphatic heterocycles. The van der Waals surface area contributed by atoms with Gasteiger partial charge in [0.15, 0.2) is 0 Å². The Morgan fingerprint density at radius 3 is 3.11 bits per heavy atom. The molecule has 1 saturated carbocycles. The summed E-state index contributed by atoms with van der Waals surface area (Å²) in [6.45, 7) is 2.44. The lowest BCUT2D eigenvalue weighted by Crippen LogP contribution is -2.20. The van der Waals surface area contributed by atoms with Crippen molar-refractivity contribution in [3.8, 4) is 0 Å². The zero-order valence-corrected chi connectivity index (χ0v) is 6.84. The van der Waals surface area contributed by atoms with Crippen LogP contribution in [0.2, 0.25) is 0 Å². The van der Waals surface area contributed by atoms with Gasteiger partial charge in [-0.1, -0.05) is 13.3 Å². The highest BCUT2D eigenvalue weighted by molar-refractivity contribution is 8.00. The van der Waals surface area contributed by atoms with E-state index in [2.05, 4.69) is 18.7 Å². The summed E-state index contributed by atoms with van der Waals surface area (Å²) in [7, 11) is 0. The van der Waals surface area contributed by atoms with Crippen LogP contribution >= 0.6 is 11.8 Å². The van der Waals surface area contributed by atoms with Crippen LogP contribution in [-0.4, -0.2) is 10.5 Å². The van der Waals surface area contributed by atoms with Crippen molar-refractivity contribution in [2.75, 3.05) is 5.75 Å². The first kappa shape index (κ1) is 6.09. The monoisotopic (exact) mass is 142 g/mol. The molecule has 2 fully saturated rings. The molecule has 0 aromatic rings. The molecule has 1 heteroatoms. The maximum absolute atomic E-state index is 2.44. The van der Waals surface area contributed by atoms with Gasteiger partial charge in [0.2, 0.25) is 0 Å². The van der Waals surface area contributed by atoms with Crippen molar-refractivity contribution in [2.24, 2.45) is 5.92 Å². The van der Waals surface area contributed by atoms with Crippen LogP contribution < -0.4 is 0 Å². The number of hydrogen-bond acceptors (Lipinski definition) is 1. The highest BCUT2D eigenvalue weighted by Gasteiger charge is 2.38. The lowest BCUT2D eigenvalue weighted by atomic mass is 9.83. The van der Waals surface area contributed by atoms with Crippen molar-refractivity contribution in [2.45, 2.75) is 37.4 Å². The van der Waals surface area contributed by atoms with Crippen LogP contribution in [0.5, 0.6) is 0 Å². The summed E-state index contributed by atoms with van der Waals surface area (Å²) in [6, 6.07) is 0. The first-order chi connectivity index (χ1) is 4.29. The van der Waals surface area contributed by atoms with Gasteiger partial charge in [-0.15, -0.1) is 0 Å². The fraction of sp³-hybridized carbons (Fsp3) is 1.00. The summed E-state index contributed by atoms with van der Waals surface area (Å²) >= 11 is 2.22. The van der Waals surface area contributed by atoms with Gasteiger partial charge in [0.05, 0.1) is 0 Å². The second-order valence-electron chi connectivity index (χ2n) is 3.72. The summed E-state index contributed by atoms with van der Waals surface area (Å²) in [5, 5.41) is 0. The van der Waals surface area contributed by atoms with Crippen molar-refractivity contribution in [3.63, 3.8) is 0 Å². The van der Waals surface area contributed by atoms with Crippen molar-refractivity contribution in [1.82, 2.24) is 0 Å². The predicted molar refractivity (Wildman–Crippen MR) is 42.8 cm³/mol. The molecule has 52 valence electrons. The average Bonchev–Trinajstić information content (AvgIpc) is 2.07. The third-order valence-electron chi connectivity index (χ3n) is 2.71. The van der Waals surface area contributed by atoms with Crippen LogP contribution in [0.4, 0.5) is 0 Å². The van der Waals surface area contributed by atoms with Gasteiger partial charge >= 0.3 is 0 Å². The molecule has 2 bridgehead atoms. The van der Waals surface area contributed by atoms with Gasteiger partial charge in [-0.25, -0.2) is 0 Å². The minimum Gasteiger partial charge on any atom is -0.155 e. The molecule has 0 nitrogen and oxygen atoms in total. The molecule has 2 unspecified atom stereocenters. The molecular formula is C8H14S. The molecule has 0 amide bonds. The molecule has 1 saturated heterocycles. The summed E-state index contributed by atoms with van der Waals surface area (Å²) < 4.78 is 0.711. The second kappa shape index (κ2) is 1.91. The molecule has 2 aliphatic rings. The number of hydrogen-bond donors (Lipinski definition) is 0. The highest BCUT2D eigenvalue weighted by Crippen LogP contribution is 2.49. The Bertz CT molecular complexity index is 118. The predicted octanol–water partition coefficient (Wildman–Crippen LogP) is 2.68. The van der Waals surface area contributed by atoms with E-state index >= 15 is 0 Å². The van der Waals surface area contributed by atoms with Gasteiger partial charge in [0, 0.05) is 4.75 Å². The number of rotatable bonds is 0. The Hall–Kier alpha value is 0.350. The van der Waals surface area contributed by atoms with Gasteiger partial charge in [-0.3, -0.25) is 0 Å². The molecule has 0 spiro atoms. The van der Waals surface area contributed by atoms with Crippen LogP contribution in [0.1, 0.15) is 32.6 Å². The first-order valence-electron chi connectivity index (χ1n) is 3.92. The third kappa shape index (κ3) is 1.000. The van der Waals surface area contributed by atoms with E-state index in [1.165, 1.54) is 31.4 Å².